The van der Waals surface area contributed by atoms with Crippen LogP contribution >= 0.6 is 27.5 Å². The molecule has 2 nitrogen and oxygen atoms in total. The van der Waals surface area contributed by atoms with E-state index in [1.54, 1.807) is 6.07 Å². The molecular formula is C13H11BrClNO. The van der Waals surface area contributed by atoms with Crippen molar-refractivity contribution in [2.75, 3.05) is 5.73 Å². The van der Waals surface area contributed by atoms with Crippen LogP contribution in [-0.4, -0.2) is 0 Å². The van der Waals surface area contributed by atoms with Crippen molar-refractivity contribution >= 4 is 33.2 Å². The maximum Gasteiger partial charge on any atom is 0.138 e. The number of hydrogen-bond donors (Lipinski definition) is 1. The summed E-state index contributed by atoms with van der Waals surface area (Å²) in [7, 11) is 0. The number of benzene rings is 2. The second-order valence-corrected chi connectivity index (χ2v) is 4.89. The van der Waals surface area contributed by atoms with Gasteiger partial charge in [-0.25, -0.2) is 0 Å². The summed E-state index contributed by atoms with van der Waals surface area (Å²) in [6.07, 6.45) is 0. The number of anilines is 1. The average molecular weight is 313 g/mol. The Morgan fingerprint density at radius 1 is 1.18 bits per heavy atom. The third kappa shape index (κ3) is 3.14. The predicted molar refractivity (Wildman–Crippen MR) is 74.3 cm³/mol. The van der Waals surface area contributed by atoms with E-state index in [9.17, 15) is 0 Å². The molecule has 0 fully saturated rings. The molecule has 0 unspecified atom stereocenters. The van der Waals surface area contributed by atoms with Crippen molar-refractivity contribution in [3.8, 4) is 5.75 Å². The van der Waals surface area contributed by atoms with Crippen LogP contribution in [-0.2, 0) is 6.61 Å². The van der Waals surface area contributed by atoms with Crippen LogP contribution in [0, 0.1) is 0 Å². The minimum atomic E-state index is 0.411. The Bertz CT molecular complexity index is 531. The maximum atomic E-state index is 6.05. The third-order valence-corrected chi connectivity index (χ3v) is 3.12. The lowest BCUT2D eigenvalue weighted by Crippen LogP contribution is -2.00. The fourth-order valence-electron chi connectivity index (χ4n) is 1.41. The molecule has 2 aromatic carbocycles. The van der Waals surface area contributed by atoms with Crippen molar-refractivity contribution in [2.24, 2.45) is 0 Å². The fourth-order valence-corrected chi connectivity index (χ4v) is 2.14. The van der Waals surface area contributed by atoms with E-state index < -0.39 is 0 Å². The van der Waals surface area contributed by atoms with Crippen LogP contribution in [0.5, 0.6) is 5.75 Å². The van der Waals surface area contributed by atoms with Gasteiger partial charge in [0.2, 0.25) is 0 Å². The SMILES string of the molecule is Nc1ccccc1COc1ccc(Br)cc1Cl. The maximum absolute atomic E-state index is 6.05. The molecule has 17 heavy (non-hydrogen) atoms. The molecule has 2 N–H and O–H groups in total. The summed E-state index contributed by atoms with van der Waals surface area (Å²) in [5, 5.41) is 0.578. The molecule has 4 heteroatoms. The van der Waals surface area contributed by atoms with Crippen molar-refractivity contribution in [3.63, 3.8) is 0 Å². The summed E-state index contributed by atoms with van der Waals surface area (Å²) in [6.45, 7) is 0.411. The van der Waals surface area contributed by atoms with Crippen LogP contribution in [0.25, 0.3) is 0 Å². The molecule has 0 aromatic heterocycles. The summed E-state index contributed by atoms with van der Waals surface area (Å²) in [5.74, 6) is 0.651. The summed E-state index contributed by atoms with van der Waals surface area (Å²) < 4.78 is 6.55. The normalized spacial score (nSPS) is 10.2. The number of rotatable bonds is 3. The van der Waals surface area contributed by atoms with Gasteiger partial charge in [-0.2, -0.15) is 0 Å². The molecule has 2 rings (SSSR count). The second-order valence-electron chi connectivity index (χ2n) is 3.56. The van der Waals surface area contributed by atoms with E-state index in [0.29, 0.717) is 17.4 Å². The first-order valence-corrected chi connectivity index (χ1v) is 6.25. The van der Waals surface area contributed by atoms with Gasteiger partial charge in [-0.3, -0.25) is 0 Å². The van der Waals surface area contributed by atoms with Gasteiger partial charge in [-0.1, -0.05) is 45.7 Å². The number of nitrogen functional groups attached to an aromatic ring is 1. The highest BCUT2D eigenvalue weighted by molar-refractivity contribution is 9.10. The van der Waals surface area contributed by atoms with E-state index in [0.717, 1.165) is 15.7 Å². The Kier molecular flexibility index (Phi) is 3.92. The minimum Gasteiger partial charge on any atom is -0.487 e. The van der Waals surface area contributed by atoms with E-state index in [1.165, 1.54) is 0 Å². The van der Waals surface area contributed by atoms with Crippen LogP contribution in [0.15, 0.2) is 46.9 Å². The van der Waals surface area contributed by atoms with Gasteiger partial charge in [0.1, 0.15) is 12.4 Å². The lowest BCUT2D eigenvalue weighted by Gasteiger charge is -2.09. The molecule has 0 atom stereocenters. The van der Waals surface area contributed by atoms with Gasteiger partial charge in [-0.15, -0.1) is 0 Å². The van der Waals surface area contributed by atoms with Gasteiger partial charge in [0, 0.05) is 15.7 Å². The van der Waals surface area contributed by atoms with Crippen molar-refractivity contribution in [1.82, 2.24) is 0 Å². The molecule has 0 saturated carbocycles. The minimum absolute atomic E-state index is 0.411. The van der Waals surface area contributed by atoms with Crippen LogP contribution in [0.1, 0.15) is 5.56 Å². The highest BCUT2D eigenvalue weighted by Crippen LogP contribution is 2.28. The Hall–Kier alpha value is -1.19. The number of hydrogen-bond acceptors (Lipinski definition) is 2. The quantitative estimate of drug-likeness (QED) is 0.859. The van der Waals surface area contributed by atoms with E-state index in [4.69, 9.17) is 22.1 Å². The topological polar surface area (TPSA) is 35.2 Å². The van der Waals surface area contributed by atoms with E-state index in [-0.39, 0.29) is 0 Å². The molecule has 0 aliphatic carbocycles. The van der Waals surface area contributed by atoms with Gasteiger partial charge in [-0.05, 0) is 24.3 Å². The summed E-state index contributed by atoms with van der Waals surface area (Å²) >= 11 is 9.39. The number of para-hydroxylation sites is 1. The van der Waals surface area contributed by atoms with Crippen molar-refractivity contribution in [1.29, 1.82) is 0 Å². The first-order valence-electron chi connectivity index (χ1n) is 5.08. The summed E-state index contributed by atoms with van der Waals surface area (Å²) in [4.78, 5) is 0. The molecule has 0 saturated heterocycles. The second kappa shape index (κ2) is 5.43. The van der Waals surface area contributed by atoms with Crippen molar-refractivity contribution < 1.29 is 4.74 Å². The molecule has 0 spiro atoms. The monoisotopic (exact) mass is 311 g/mol. The Balaban J connectivity index is 2.10. The summed E-state index contributed by atoms with van der Waals surface area (Å²) in [6, 6.07) is 13.1. The number of ether oxygens (including phenoxy) is 1. The Morgan fingerprint density at radius 3 is 2.65 bits per heavy atom. The number of nitrogens with two attached hydrogens (primary N) is 1. The lowest BCUT2D eigenvalue weighted by molar-refractivity contribution is 0.307. The third-order valence-electron chi connectivity index (χ3n) is 2.33. The lowest BCUT2D eigenvalue weighted by atomic mass is 10.2. The first-order chi connectivity index (χ1) is 8.16. The zero-order valence-corrected chi connectivity index (χ0v) is 11.3. The van der Waals surface area contributed by atoms with Gasteiger partial charge >= 0.3 is 0 Å². The number of halogens is 2. The van der Waals surface area contributed by atoms with Gasteiger partial charge in [0.05, 0.1) is 5.02 Å². The molecule has 0 bridgehead atoms. The molecule has 0 radical (unpaired) electrons. The summed E-state index contributed by atoms with van der Waals surface area (Å²) in [5.41, 5.74) is 7.50. The van der Waals surface area contributed by atoms with E-state index in [1.807, 2.05) is 36.4 Å². The Labute approximate surface area is 113 Å². The van der Waals surface area contributed by atoms with Crippen LogP contribution in [0.2, 0.25) is 5.02 Å². The van der Waals surface area contributed by atoms with Gasteiger partial charge in [0.15, 0.2) is 0 Å². The zero-order chi connectivity index (χ0) is 12.3. The fraction of sp³-hybridized carbons (Fsp3) is 0.0769. The first kappa shape index (κ1) is 12.3. The smallest absolute Gasteiger partial charge is 0.138 e. The zero-order valence-electron chi connectivity index (χ0n) is 8.99. The van der Waals surface area contributed by atoms with Crippen molar-refractivity contribution in [3.05, 3.63) is 57.5 Å². The molecule has 0 amide bonds. The molecule has 0 aliphatic rings. The van der Waals surface area contributed by atoms with E-state index >= 15 is 0 Å². The molecular weight excluding hydrogens is 302 g/mol. The molecule has 0 heterocycles. The van der Waals surface area contributed by atoms with Crippen LogP contribution < -0.4 is 10.5 Å². The average Bonchev–Trinajstić information content (AvgIpc) is 2.30. The standard InChI is InChI=1S/C13H11BrClNO/c14-10-5-6-13(11(15)7-10)17-8-9-3-1-2-4-12(9)16/h1-7H,8,16H2. The highest BCUT2D eigenvalue weighted by Gasteiger charge is 2.04. The van der Waals surface area contributed by atoms with Crippen LogP contribution in [0.4, 0.5) is 5.69 Å². The van der Waals surface area contributed by atoms with Crippen LogP contribution in [0.3, 0.4) is 0 Å². The molecule has 88 valence electrons. The van der Waals surface area contributed by atoms with Crippen molar-refractivity contribution in [2.45, 2.75) is 6.61 Å². The van der Waals surface area contributed by atoms with Gasteiger partial charge < -0.3 is 10.5 Å². The predicted octanol–water partition coefficient (Wildman–Crippen LogP) is 4.26. The highest BCUT2D eigenvalue weighted by atomic mass is 79.9. The molecule has 2 aromatic rings. The molecule has 0 aliphatic heterocycles. The largest absolute Gasteiger partial charge is 0.487 e. The van der Waals surface area contributed by atoms with Gasteiger partial charge in [0.25, 0.3) is 0 Å². The van der Waals surface area contributed by atoms with E-state index in [2.05, 4.69) is 15.9 Å². The Morgan fingerprint density at radius 2 is 1.94 bits per heavy atom.